The van der Waals surface area contributed by atoms with Gasteiger partial charge in [-0.3, -0.25) is 13.8 Å². The zero-order chi connectivity index (χ0) is 38.6. The Kier molecular flexibility index (Phi) is 35.4. The van der Waals surface area contributed by atoms with Gasteiger partial charge in [-0.15, -0.1) is 0 Å². The monoisotopic (exact) mass is 760 g/mol. The Morgan fingerprint density at radius 3 is 1.48 bits per heavy atom. The lowest BCUT2D eigenvalue weighted by Gasteiger charge is -2.26. The van der Waals surface area contributed by atoms with Gasteiger partial charge in [0.05, 0.1) is 39.9 Å². The summed E-state index contributed by atoms with van der Waals surface area (Å²) in [5, 5.41) is 13.9. The molecule has 0 aromatic heterocycles. The Hall–Kier alpha value is -0.760. The minimum absolute atomic E-state index is 0.0753. The molecule has 0 aliphatic heterocycles. The molecule has 0 heterocycles. The molecular formula is C43H88N2O6P+. The molecule has 3 unspecified atom stereocenters. The molecule has 3 atom stereocenters. The van der Waals surface area contributed by atoms with Crippen molar-refractivity contribution in [3.8, 4) is 0 Å². The standard InChI is InChI=1S/C43H87N2O6P/c1-6-8-10-12-14-16-18-19-20-21-22-23-24-25-26-27-29-31-33-35-37-43(47)44-41(40-51-52(48,49)50-39-38-45(3,4)5)42(46)36-34-32-30-28-17-15-13-11-9-7-2/h22-23,41-42,46H,6-21,24-40H2,1-5H3,(H-,44,47,48,49)/p+1/b23-22-. The number of nitrogens with zero attached hydrogens (tertiary/aromatic N) is 1. The number of aliphatic hydroxyl groups excluding tert-OH is 1. The van der Waals surface area contributed by atoms with Crippen LogP contribution in [0.15, 0.2) is 12.2 Å². The van der Waals surface area contributed by atoms with Crippen LogP contribution in [-0.2, 0) is 18.4 Å². The molecule has 0 aliphatic rings. The smallest absolute Gasteiger partial charge is 0.391 e. The first-order valence-electron chi connectivity index (χ1n) is 22.1. The second kappa shape index (κ2) is 35.9. The maximum atomic E-state index is 12.9. The highest BCUT2D eigenvalue weighted by Crippen LogP contribution is 2.43. The lowest BCUT2D eigenvalue weighted by molar-refractivity contribution is -0.870. The summed E-state index contributed by atoms with van der Waals surface area (Å²) >= 11 is 0. The van der Waals surface area contributed by atoms with Crippen LogP contribution in [0.3, 0.4) is 0 Å². The van der Waals surface area contributed by atoms with Crippen molar-refractivity contribution in [3.05, 3.63) is 12.2 Å². The number of aliphatic hydroxyl groups is 1. The van der Waals surface area contributed by atoms with E-state index in [9.17, 15) is 19.4 Å². The van der Waals surface area contributed by atoms with Gasteiger partial charge in [0.2, 0.25) is 5.91 Å². The summed E-state index contributed by atoms with van der Waals surface area (Å²) in [6.07, 6.45) is 39.5. The number of phosphoric ester groups is 1. The van der Waals surface area contributed by atoms with Crippen LogP contribution in [0.1, 0.15) is 206 Å². The molecule has 0 aromatic carbocycles. The maximum absolute atomic E-state index is 12.9. The molecule has 1 amide bonds. The average molecular weight is 760 g/mol. The number of hydrogen-bond acceptors (Lipinski definition) is 5. The zero-order valence-electron chi connectivity index (χ0n) is 35.1. The van der Waals surface area contributed by atoms with Crippen LogP contribution >= 0.6 is 7.82 Å². The fourth-order valence-corrected chi connectivity index (χ4v) is 7.19. The molecule has 0 bridgehead atoms. The van der Waals surface area contributed by atoms with E-state index in [1.165, 1.54) is 141 Å². The van der Waals surface area contributed by atoms with Gasteiger partial charge in [0, 0.05) is 6.42 Å². The van der Waals surface area contributed by atoms with Gasteiger partial charge in [-0.2, -0.15) is 0 Å². The molecular weight excluding hydrogens is 671 g/mol. The van der Waals surface area contributed by atoms with Crippen LogP contribution in [0.5, 0.6) is 0 Å². The van der Waals surface area contributed by atoms with Gasteiger partial charge in [-0.1, -0.05) is 174 Å². The molecule has 0 aliphatic carbocycles. The Bertz CT molecular complexity index is 865. The van der Waals surface area contributed by atoms with E-state index >= 15 is 0 Å². The van der Waals surface area contributed by atoms with E-state index in [0.717, 1.165) is 38.5 Å². The third-order valence-electron chi connectivity index (χ3n) is 10.0. The zero-order valence-corrected chi connectivity index (χ0v) is 36.0. The van der Waals surface area contributed by atoms with Crippen LogP contribution in [0.2, 0.25) is 0 Å². The highest BCUT2D eigenvalue weighted by molar-refractivity contribution is 7.47. The van der Waals surface area contributed by atoms with Crippen LogP contribution in [0.25, 0.3) is 0 Å². The Labute approximate surface area is 322 Å². The number of nitrogens with one attached hydrogen (secondary N) is 1. The third-order valence-corrected chi connectivity index (χ3v) is 11.0. The number of phosphoric acid groups is 1. The van der Waals surface area contributed by atoms with Crippen molar-refractivity contribution in [1.82, 2.24) is 5.32 Å². The largest absolute Gasteiger partial charge is 0.472 e. The van der Waals surface area contributed by atoms with E-state index in [4.69, 9.17) is 9.05 Å². The normalized spacial score (nSPS) is 14.5. The Morgan fingerprint density at radius 1 is 0.635 bits per heavy atom. The summed E-state index contributed by atoms with van der Waals surface area (Å²) in [6.45, 7) is 4.87. The van der Waals surface area contributed by atoms with E-state index in [1.54, 1.807) is 0 Å². The van der Waals surface area contributed by atoms with Gasteiger partial charge in [-0.05, 0) is 38.5 Å². The van der Waals surface area contributed by atoms with Crippen molar-refractivity contribution in [2.24, 2.45) is 0 Å². The highest BCUT2D eigenvalue weighted by Gasteiger charge is 2.28. The second-order valence-electron chi connectivity index (χ2n) is 16.4. The molecule has 0 radical (unpaired) electrons. The minimum Gasteiger partial charge on any atom is -0.391 e. The van der Waals surface area contributed by atoms with E-state index in [2.05, 4.69) is 31.3 Å². The van der Waals surface area contributed by atoms with E-state index in [1.807, 2.05) is 21.1 Å². The molecule has 9 heteroatoms. The van der Waals surface area contributed by atoms with Gasteiger partial charge in [0.25, 0.3) is 0 Å². The Balaban J connectivity index is 4.26. The van der Waals surface area contributed by atoms with Gasteiger partial charge < -0.3 is 19.8 Å². The quantitative estimate of drug-likeness (QED) is 0.0249. The molecule has 310 valence electrons. The summed E-state index contributed by atoms with van der Waals surface area (Å²) in [7, 11) is 1.62. The lowest BCUT2D eigenvalue weighted by atomic mass is 10.0. The number of allylic oxidation sites excluding steroid dienone is 2. The van der Waals surface area contributed by atoms with Crippen molar-refractivity contribution in [3.63, 3.8) is 0 Å². The van der Waals surface area contributed by atoms with E-state index in [-0.39, 0.29) is 19.1 Å². The van der Waals surface area contributed by atoms with Crippen molar-refractivity contribution < 1.29 is 32.9 Å². The number of quaternary nitrogens is 1. The summed E-state index contributed by atoms with van der Waals surface area (Å²) in [4.78, 5) is 23.1. The fraction of sp³-hybridized carbons (Fsp3) is 0.930. The van der Waals surface area contributed by atoms with E-state index in [0.29, 0.717) is 23.9 Å². The summed E-state index contributed by atoms with van der Waals surface area (Å²) < 4.78 is 23.6. The Morgan fingerprint density at radius 2 is 1.04 bits per heavy atom. The third kappa shape index (κ3) is 37.6. The van der Waals surface area contributed by atoms with Gasteiger partial charge >= 0.3 is 7.82 Å². The molecule has 0 saturated carbocycles. The van der Waals surface area contributed by atoms with Crippen LogP contribution in [0.4, 0.5) is 0 Å². The predicted octanol–water partition coefficient (Wildman–Crippen LogP) is 12.0. The fourth-order valence-electron chi connectivity index (χ4n) is 6.45. The molecule has 52 heavy (non-hydrogen) atoms. The van der Waals surface area contributed by atoms with Crippen molar-refractivity contribution in [2.45, 2.75) is 219 Å². The van der Waals surface area contributed by atoms with Crippen LogP contribution < -0.4 is 5.32 Å². The SMILES string of the molecule is CCCCCCCCCCC/C=C\CCCCCCCCCC(=O)NC(COP(=O)(O)OCC[N+](C)(C)C)C(O)CCCCCCCCCCCC. The topological polar surface area (TPSA) is 105 Å². The van der Waals surface area contributed by atoms with Crippen molar-refractivity contribution in [2.75, 3.05) is 40.9 Å². The molecule has 8 nitrogen and oxygen atoms in total. The number of unbranched alkanes of at least 4 members (excludes halogenated alkanes) is 25. The number of amides is 1. The minimum atomic E-state index is -4.30. The predicted molar refractivity (Wildman–Crippen MR) is 222 cm³/mol. The molecule has 0 fully saturated rings. The van der Waals surface area contributed by atoms with Crippen LogP contribution in [0, 0.1) is 0 Å². The number of rotatable bonds is 40. The number of likely N-dealkylation sites (N-methyl/N-ethyl adjacent to an activating group) is 1. The summed E-state index contributed by atoms with van der Waals surface area (Å²) in [5.74, 6) is -0.149. The molecule has 0 aromatic rings. The first kappa shape index (κ1) is 51.2. The van der Waals surface area contributed by atoms with Gasteiger partial charge in [-0.25, -0.2) is 4.57 Å². The number of hydrogen-bond donors (Lipinski definition) is 3. The first-order chi connectivity index (χ1) is 25.0. The van der Waals surface area contributed by atoms with Crippen molar-refractivity contribution >= 4 is 13.7 Å². The second-order valence-corrected chi connectivity index (χ2v) is 17.9. The highest BCUT2D eigenvalue weighted by atomic mass is 31.2. The van der Waals surface area contributed by atoms with Gasteiger partial charge in [0.1, 0.15) is 13.2 Å². The number of carbonyl (C=O) groups excluding carboxylic acids is 1. The lowest BCUT2D eigenvalue weighted by Crippen LogP contribution is -2.46. The first-order valence-corrected chi connectivity index (χ1v) is 23.5. The number of carbonyl (C=O) groups is 1. The molecule has 0 spiro atoms. The summed E-state index contributed by atoms with van der Waals surface area (Å²) in [6, 6.07) is -0.757. The molecule has 3 N–H and O–H groups in total. The van der Waals surface area contributed by atoms with E-state index < -0.39 is 20.0 Å². The molecule has 0 saturated heterocycles. The van der Waals surface area contributed by atoms with Crippen LogP contribution in [-0.4, -0.2) is 73.4 Å². The average Bonchev–Trinajstić information content (AvgIpc) is 3.09. The molecule has 0 rings (SSSR count). The van der Waals surface area contributed by atoms with Crippen molar-refractivity contribution in [1.29, 1.82) is 0 Å². The maximum Gasteiger partial charge on any atom is 0.472 e. The summed E-state index contributed by atoms with van der Waals surface area (Å²) in [5.41, 5.74) is 0. The van der Waals surface area contributed by atoms with Gasteiger partial charge in [0.15, 0.2) is 0 Å².